The normalized spacial score (nSPS) is 9.80. The molecule has 1 aromatic rings. The number of aromatic carboxylic acids is 1. The molecule has 2 nitrogen and oxygen atoms in total. The third-order valence-corrected chi connectivity index (χ3v) is 2.71. The number of carbonyl (C=O) groups is 1. The van der Waals surface area contributed by atoms with Crippen molar-refractivity contribution >= 4 is 39.9 Å². The molecule has 1 N–H and O–H groups in total. The smallest absolute Gasteiger partial charge is 0.348 e. The van der Waals surface area contributed by atoms with Gasteiger partial charge < -0.3 is 5.11 Å². The third kappa shape index (κ3) is 1.46. The third-order valence-electron chi connectivity index (χ3n) is 0.851. The van der Waals surface area contributed by atoms with E-state index in [-0.39, 0.29) is 4.88 Å². The van der Waals surface area contributed by atoms with E-state index in [4.69, 9.17) is 5.11 Å². The number of thiophene rings is 1. The monoisotopic (exact) mass is 272 g/mol. The van der Waals surface area contributed by atoms with Crippen molar-refractivity contribution in [3.05, 3.63) is 19.6 Å². The van der Waals surface area contributed by atoms with Crippen molar-refractivity contribution < 1.29 is 14.3 Å². The standard InChI is InChI=1S/C5H2FIO2S/c6-2-1-3(7)10-4(2)5(8)9/h1H,(H,8,9). The number of halogens is 2. The van der Waals surface area contributed by atoms with E-state index in [1.807, 2.05) is 22.6 Å². The Labute approximate surface area is 73.8 Å². The highest BCUT2D eigenvalue weighted by Gasteiger charge is 2.13. The molecule has 0 atom stereocenters. The van der Waals surface area contributed by atoms with Crippen LogP contribution in [0.25, 0.3) is 0 Å². The fourth-order valence-electron chi connectivity index (χ4n) is 0.487. The first-order chi connectivity index (χ1) is 4.61. The lowest BCUT2D eigenvalue weighted by Gasteiger charge is -1.82. The maximum Gasteiger partial charge on any atom is 0.348 e. The number of rotatable bonds is 1. The Balaban J connectivity index is 3.15. The molecule has 0 aromatic carbocycles. The lowest BCUT2D eigenvalue weighted by molar-refractivity contribution is 0.0698. The minimum absolute atomic E-state index is 0.218. The quantitative estimate of drug-likeness (QED) is 0.796. The summed E-state index contributed by atoms with van der Waals surface area (Å²) in [5.74, 6) is -1.85. The Morgan fingerprint density at radius 2 is 2.40 bits per heavy atom. The zero-order chi connectivity index (χ0) is 7.72. The maximum absolute atomic E-state index is 12.5. The second-order valence-electron chi connectivity index (χ2n) is 1.53. The maximum atomic E-state index is 12.5. The fraction of sp³-hybridized carbons (Fsp3) is 0. The van der Waals surface area contributed by atoms with Gasteiger partial charge in [0, 0.05) is 0 Å². The summed E-state index contributed by atoms with van der Waals surface area (Å²) < 4.78 is 13.1. The zero-order valence-corrected chi connectivity index (χ0v) is 7.57. The molecule has 0 saturated carbocycles. The van der Waals surface area contributed by atoms with Crippen LogP contribution in [0.1, 0.15) is 9.67 Å². The lowest BCUT2D eigenvalue weighted by Crippen LogP contribution is -1.93. The van der Waals surface area contributed by atoms with Crippen LogP contribution in [-0.4, -0.2) is 11.1 Å². The van der Waals surface area contributed by atoms with Crippen molar-refractivity contribution in [1.29, 1.82) is 0 Å². The molecule has 5 heteroatoms. The van der Waals surface area contributed by atoms with Gasteiger partial charge in [-0.3, -0.25) is 0 Å². The summed E-state index contributed by atoms with van der Waals surface area (Å²) >= 11 is 2.81. The number of hydrogen-bond donors (Lipinski definition) is 1. The number of carboxylic acid groups (broad SMARTS) is 1. The van der Waals surface area contributed by atoms with Crippen LogP contribution in [0.5, 0.6) is 0 Å². The molecule has 0 saturated heterocycles. The summed E-state index contributed by atoms with van der Waals surface area (Å²) in [6, 6.07) is 1.20. The van der Waals surface area contributed by atoms with Gasteiger partial charge in [-0.15, -0.1) is 11.3 Å². The second-order valence-corrected chi connectivity index (χ2v) is 4.48. The molecule has 1 heterocycles. The Morgan fingerprint density at radius 1 is 1.80 bits per heavy atom. The fourth-order valence-corrected chi connectivity index (χ4v) is 2.02. The van der Waals surface area contributed by atoms with Gasteiger partial charge in [0.2, 0.25) is 0 Å². The van der Waals surface area contributed by atoms with Gasteiger partial charge in [0.15, 0.2) is 0 Å². The van der Waals surface area contributed by atoms with Crippen LogP contribution in [0, 0.1) is 8.70 Å². The molecule has 0 radical (unpaired) electrons. The largest absolute Gasteiger partial charge is 0.477 e. The molecule has 10 heavy (non-hydrogen) atoms. The number of carboxylic acids is 1. The highest BCUT2D eigenvalue weighted by Crippen LogP contribution is 2.22. The van der Waals surface area contributed by atoms with Crippen molar-refractivity contribution in [2.45, 2.75) is 0 Å². The molecule has 0 bridgehead atoms. The summed E-state index contributed by atoms with van der Waals surface area (Å²) in [6.07, 6.45) is 0. The van der Waals surface area contributed by atoms with Crippen LogP contribution in [0.2, 0.25) is 0 Å². The molecule has 0 amide bonds. The van der Waals surface area contributed by atoms with Gasteiger partial charge in [0.05, 0.1) is 2.88 Å². The second kappa shape index (κ2) is 2.83. The summed E-state index contributed by atoms with van der Waals surface area (Å²) in [4.78, 5) is 9.98. The predicted octanol–water partition coefficient (Wildman–Crippen LogP) is 2.19. The summed E-state index contributed by atoms with van der Waals surface area (Å²) in [5, 5.41) is 8.35. The minimum Gasteiger partial charge on any atom is -0.477 e. The van der Waals surface area contributed by atoms with E-state index in [9.17, 15) is 9.18 Å². The van der Waals surface area contributed by atoms with Crippen molar-refractivity contribution in [3.63, 3.8) is 0 Å². The summed E-state index contributed by atoms with van der Waals surface area (Å²) in [6.45, 7) is 0. The molecular weight excluding hydrogens is 270 g/mol. The van der Waals surface area contributed by atoms with Crippen molar-refractivity contribution in [2.75, 3.05) is 0 Å². The molecule has 0 fully saturated rings. The van der Waals surface area contributed by atoms with Gasteiger partial charge in [0.25, 0.3) is 0 Å². The Morgan fingerprint density at radius 3 is 2.60 bits per heavy atom. The van der Waals surface area contributed by atoms with Crippen molar-refractivity contribution in [3.8, 4) is 0 Å². The van der Waals surface area contributed by atoms with Gasteiger partial charge >= 0.3 is 5.97 Å². The molecule has 1 aromatic heterocycles. The van der Waals surface area contributed by atoms with Crippen LogP contribution in [-0.2, 0) is 0 Å². The van der Waals surface area contributed by atoms with Gasteiger partial charge in [-0.05, 0) is 28.7 Å². The topological polar surface area (TPSA) is 37.3 Å². The molecule has 0 aliphatic carbocycles. The molecule has 0 aliphatic heterocycles. The molecule has 54 valence electrons. The van der Waals surface area contributed by atoms with E-state index in [2.05, 4.69) is 0 Å². The van der Waals surface area contributed by atoms with Gasteiger partial charge in [-0.2, -0.15) is 0 Å². The van der Waals surface area contributed by atoms with Crippen LogP contribution in [0.3, 0.4) is 0 Å². The first-order valence-corrected chi connectivity index (χ1v) is 4.19. The summed E-state index contributed by atoms with van der Waals surface area (Å²) in [5.41, 5.74) is 0. The average molecular weight is 272 g/mol. The zero-order valence-electron chi connectivity index (χ0n) is 4.60. The molecule has 0 spiro atoms. The number of hydrogen-bond acceptors (Lipinski definition) is 2. The minimum atomic E-state index is -1.20. The molecular formula is C5H2FIO2S. The van der Waals surface area contributed by atoms with Gasteiger partial charge in [-0.1, -0.05) is 0 Å². The van der Waals surface area contributed by atoms with Crippen LogP contribution in [0.15, 0.2) is 6.07 Å². The van der Waals surface area contributed by atoms with Crippen LogP contribution < -0.4 is 0 Å². The van der Waals surface area contributed by atoms with E-state index in [0.29, 0.717) is 2.88 Å². The molecule has 0 unspecified atom stereocenters. The van der Waals surface area contributed by atoms with Crippen LogP contribution in [0.4, 0.5) is 4.39 Å². The van der Waals surface area contributed by atoms with E-state index >= 15 is 0 Å². The average Bonchev–Trinajstić information content (AvgIpc) is 2.10. The molecule has 1 rings (SSSR count). The first-order valence-electron chi connectivity index (χ1n) is 2.29. The van der Waals surface area contributed by atoms with E-state index in [1.54, 1.807) is 0 Å². The Kier molecular flexibility index (Phi) is 2.24. The molecule has 0 aliphatic rings. The van der Waals surface area contributed by atoms with Crippen molar-refractivity contribution in [2.24, 2.45) is 0 Å². The van der Waals surface area contributed by atoms with E-state index in [0.717, 1.165) is 11.3 Å². The summed E-state index contributed by atoms with van der Waals surface area (Å²) in [7, 11) is 0. The lowest BCUT2D eigenvalue weighted by atomic mass is 10.4. The van der Waals surface area contributed by atoms with Gasteiger partial charge in [0.1, 0.15) is 10.7 Å². The van der Waals surface area contributed by atoms with Crippen LogP contribution >= 0.6 is 33.9 Å². The van der Waals surface area contributed by atoms with Crippen molar-refractivity contribution in [1.82, 2.24) is 0 Å². The Hall–Kier alpha value is -0.170. The van der Waals surface area contributed by atoms with E-state index < -0.39 is 11.8 Å². The highest BCUT2D eigenvalue weighted by atomic mass is 127. The first kappa shape index (κ1) is 7.93. The predicted molar refractivity (Wildman–Crippen MR) is 44.0 cm³/mol. The SMILES string of the molecule is O=C(O)c1sc(I)cc1F. The Bertz CT molecular complexity index is 271. The van der Waals surface area contributed by atoms with Gasteiger partial charge in [-0.25, -0.2) is 9.18 Å². The van der Waals surface area contributed by atoms with E-state index in [1.165, 1.54) is 6.07 Å². The highest BCUT2D eigenvalue weighted by molar-refractivity contribution is 14.1.